The van der Waals surface area contributed by atoms with E-state index < -0.39 is 67.2 Å². The third kappa shape index (κ3) is 19.0. The standard InChI is InChI=1S/C38H56F4N10O8S3/c1-63(59,60)62-21-20-47-35(56)24(48-27(55)16-5-3-10-19-46-36(57)28-29(39)31(41)34(51-52-43)32(42)30(28)40)13-8-11-18-45-25(53)14-4-2-9-17-44-26(54)15-7-6-12-23-22-61-37-33(23)49-38(58)50-37/h23-24,33,37H,2-22H2,1H3,(H,44,54)(H,45,53)(H,46,57)(H,47,56)(H,48,55)(H2,49,50,58)/t23-,24+,33-,37+/m1/s1. The molecule has 63 heavy (non-hydrogen) atoms. The fraction of sp³-hybridized carbons (Fsp3) is 0.684. The molecule has 0 spiro atoms. The second kappa shape index (κ2) is 27.6. The molecule has 0 saturated carbocycles. The molecule has 2 aliphatic rings. The molecule has 1 aromatic carbocycles. The van der Waals surface area contributed by atoms with Crippen molar-refractivity contribution in [3.05, 3.63) is 39.3 Å². The summed E-state index contributed by atoms with van der Waals surface area (Å²) in [5.41, 5.74) is 5.28. The number of amides is 7. The van der Waals surface area contributed by atoms with E-state index in [1.165, 1.54) is 0 Å². The van der Waals surface area contributed by atoms with Gasteiger partial charge in [-0.3, -0.25) is 24.0 Å². The number of nitrogens with zero attached hydrogens (tertiary/aromatic N) is 3. The fourth-order valence-corrected chi connectivity index (χ4v) is 10.00. The van der Waals surface area contributed by atoms with Gasteiger partial charge in [-0.05, 0) is 80.0 Å². The van der Waals surface area contributed by atoms with Crippen LogP contribution < -0.4 is 37.2 Å². The summed E-state index contributed by atoms with van der Waals surface area (Å²) in [6.45, 7) is 0.738. The summed E-state index contributed by atoms with van der Waals surface area (Å²) in [5, 5.41) is 21.8. The first-order valence-electron chi connectivity index (χ1n) is 20.8. The largest absolute Gasteiger partial charge is 0.356 e. The van der Waals surface area contributed by atoms with Gasteiger partial charge in [0.15, 0.2) is 32.1 Å². The Hall–Kier alpha value is -4.48. The fourth-order valence-electron chi connectivity index (χ4n) is 6.83. The lowest BCUT2D eigenvalue weighted by Crippen LogP contribution is -2.47. The highest BCUT2D eigenvalue weighted by Crippen LogP contribution is 2.35. The molecule has 0 unspecified atom stereocenters. The van der Waals surface area contributed by atoms with Gasteiger partial charge in [-0.2, -0.15) is 0 Å². The van der Waals surface area contributed by atoms with Gasteiger partial charge in [0.25, 0.3) is 5.91 Å². The van der Waals surface area contributed by atoms with Crippen LogP contribution in [-0.4, -0.2) is 105 Å². The first kappa shape index (κ1) is 52.9. The van der Waals surface area contributed by atoms with Gasteiger partial charge in [-0.25, -0.2) is 30.8 Å². The number of nitrogens with one attached hydrogen (secondary N) is 7. The molecular formula is C38H56F4N10O8S3. The van der Waals surface area contributed by atoms with Crippen LogP contribution in [0.3, 0.4) is 0 Å². The number of urea groups is 1. The average Bonchev–Trinajstić information content (AvgIpc) is 3.79. The second-order valence-electron chi connectivity index (χ2n) is 15.1. The number of rotatable bonds is 30. The number of halogens is 4. The molecule has 2 fully saturated rings. The molecule has 2 aliphatic heterocycles. The number of unbranched alkanes of at least 4 members (excludes halogenated alkanes) is 6. The highest BCUT2D eigenvalue weighted by molar-refractivity contribution is 8.71. The molecule has 3 rings (SSSR count). The van der Waals surface area contributed by atoms with Gasteiger partial charge in [-0.1, -0.05) is 24.4 Å². The molecule has 2 saturated heterocycles. The number of carbonyl (C=O) groups excluding carboxylic acids is 6. The topological polar surface area (TPSA) is 270 Å². The number of azide groups is 1. The predicted molar refractivity (Wildman–Crippen MR) is 230 cm³/mol. The maximum Gasteiger partial charge on any atom is 0.316 e. The number of benzene rings is 1. The quantitative estimate of drug-likeness (QED) is 0.0107. The van der Waals surface area contributed by atoms with E-state index in [9.17, 15) is 54.7 Å². The first-order valence-corrected chi connectivity index (χ1v) is 25.3. The maximum atomic E-state index is 14.3. The van der Waals surface area contributed by atoms with Crippen LogP contribution in [0.4, 0.5) is 28.0 Å². The maximum absolute atomic E-state index is 14.3. The van der Waals surface area contributed by atoms with Crippen molar-refractivity contribution < 1.29 is 54.7 Å². The van der Waals surface area contributed by atoms with Crippen LogP contribution in [0.5, 0.6) is 0 Å². The van der Waals surface area contributed by atoms with Gasteiger partial charge in [0.1, 0.15) is 17.3 Å². The predicted octanol–water partition coefficient (Wildman–Crippen LogP) is 4.66. The van der Waals surface area contributed by atoms with Crippen molar-refractivity contribution in [2.75, 3.05) is 43.9 Å². The van der Waals surface area contributed by atoms with Gasteiger partial charge in [0.05, 0.1) is 11.4 Å². The van der Waals surface area contributed by atoms with E-state index in [2.05, 4.69) is 47.2 Å². The van der Waals surface area contributed by atoms with E-state index in [1.54, 1.807) is 11.8 Å². The van der Waals surface area contributed by atoms with Crippen LogP contribution in [-0.2, 0) is 28.0 Å². The minimum absolute atomic E-state index is 0.000550. The van der Waals surface area contributed by atoms with E-state index in [1.807, 2.05) is 0 Å². The molecule has 352 valence electrons. The molecule has 25 heteroatoms. The highest BCUT2D eigenvalue weighted by Gasteiger charge is 2.42. The van der Waals surface area contributed by atoms with Crippen molar-refractivity contribution in [1.29, 1.82) is 0 Å². The van der Waals surface area contributed by atoms with Crippen LogP contribution >= 0.6 is 22.6 Å². The summed E-state index contributed by atoms with van der Waals surface area (Å²) in [7, 11) is -2.66. The first-order chi connectivity index (χ1) is 30.0. The molecule has 0 bridgehead atoms. The Morgan fingerprint density at radius 1 is 0.778 bits per heavy atom. The normalized spacial score (nSPS) is 17.1. The third-order valence-corrected chi connectivity index (χ3v) is 14.1. The molecule has 18 nitrogen and oxygen atoms in total. The molecule has 7 amide bonds. The van der Waals surface area contributed by atoms with Gasteiger partial charge in [0, 0.05) is 68.1 Å². The van der Waals surface area contributed by atoms with E-state index >= 15 is 0 Å². The molecule has 4 atom stereocenters. The van der Waals surface area contributed by atoms with Gasteiger partial charge in [-0.15, -0.1) is 11.8 Å². The average molecular weight is 953 g/mol. The Kier molecular flexibility index (Phi) is 23.2. The van der Waals surface area contributed by atoms with Crippen LogP contribution in [0.1, 0.15) is 107 Å². The zero-order chi connectivity index (χ0) is 46.4. The lowest BCUT2D eigenvalue weighted by molar-refractivity contribution is -0.129. The molecule has 2 heterocycles. The van der Waals surface area contributed by atoms with Crippen molar-refractivity contribution >= 4 is 72.7 Å². The molecule has 0 aliphatic carbocycles. The van der Waals surface area contributed by atoms with Crippen LogP contribution in [0.2, 0.25) is 0 Å². The summed E-state index contributed by atoms with van der Waals surface area (Å²) in [5.74, 6) is -9.16. The van der Waals surface area contributed by atoms with Gasteiger partial charge in [0.2, 0.25) is 23.6 Å². The Bertz CT molecular complexity index is 1900. The van der Waals surface area contributed by atoms with E-state index in [-0.39, 0.29) is 73.8 Å². The summed E-state index contributed by atoms with van der Waals surface area (Å²) in [4.78, 5) is 76.1. The van der Waals surface area contributed by atoms with Crippen molar-refractivity contribution in [2.24, 2.45) is 11.0 Å². The zero-order valence-electron chi connectivity index (χ0n) is 35.0. The number of carbonyl (C=O) groups is 6. The van der Waals surface area contributed by atoms with Crippen LogP contribution in [0.25, 0.3) is 10.4 Å². The van der Waals surface area contributed by atoms with Crippen molar-refractivity contribution in [3.63, 3.8) is 0 Å². The minimum atomic E-state index is -3.32. The van der Waals surface area contributed by atoms with Crippen molar-refractivity contribution in [1.82, 2.24) is 37.2 Å². The van der Waals surface area contributed by atoms with E-state index in [0.29, 0.717) is 68.3 Å². The van der Waals surface area contributed by atoms with Crippen LogP contribution in [0, 0.1) is 29.2 Å². The Balaban J connectivity index is 1.27. The molecule has 1 aromatic rings. The monoisotopic (exact) mass is 952 g/mol. The minimum Gasteiger partial charge on any atom is -0.356 e. The molecule has 0 aromatic heterocycles. The highest BCUT2D eigenvalue weighted by atomic mass is 33.1. The molecule has 0 radical (unpaired) electrons. The second-order valence-corrected chi connectivity index (χ2v) is 20.8. The molecule has 7 N–H and O–H groups in total. The van der Waals surface area contributed by atoms with Crippen LogP contribution in [0.15, 0.2) is 5.11 Å². The summed E-state index contributed by atoms with van der Waals surface area (Å²) < 4.78 is 79.4. The number of fused-ring (bicyclic) bond motifs is 1. The lowest BCUT2D eigenvalue weighted by atomic mass is 9.96. The summed E-state index contributed by atoms with van der Waals surface area (Å²) in [6.07, 6.45) is 8.58. The summed E-state index contributed by atoms with van der Waals surface area (Å²) in [6, 6.07) is -0.905. The Morgan fingerprint density at radius 2 is 1.35 bits per heavy atom. The number of thioether (sulfide) groups is 1. The van der Waals surface area contributed by atoms with Gasteiger partial charge < -0.3 is 37.2 Å². The number of hydrogen-bond acceptors (Lipinski definition) is 11. The van der Waals surface area contributed by atoms with Crippen molar-refractivity contribution in [3.8, 4) is 0 Å². The Labute approximate surface area is 371 Å². The zero-order valence-corrected chi connectivity index (χ0v) is 37.5. The SMILES string of the molecule is CS(=O)(=O)SCCNC(=O)[C@H](CCCCNC(=O)CCCCCNC(=O)CCCC[C@@H]1CS[C@@H]2NC(=O)N[C@H]12)NC(=O)CCCCCNC(=O)c1c(F)c(F)c(N=[N+]=[N-])c(F)c1F. The lowest BCUT2D eigenvalue weighted by Gasteiger charge is -2.19. The van der Waals surface area contributed by atoms with E-state index in [0.717, 1.165) is 44.1 Å². The Morgan fingerprint density at radius 3 is 1.95 bits per heavy atom. The third-order valence-electron chi connectivity index (χ3n) is 10.1. The smallest absolute Gasteiger partial charge is 0.316 e. The van der Waals surface area contributed by atoms with Crippen molar-refractivity contribution in [2.45, 2.75) is 114 Å². The summed E-state index contributed by atoms with van der Waals surface area (Å²) >= 11 is 1.76. The number of hydrogen-bond donors (Lipinski definition) is 7. The molecular weight excluding hydrogens is 897 g/mol. The van der Waals surface area contributed by atoms with Gasteiger partial charge >= 0.3 is 6.03 Å². The van der Waals surface area contributed by atoms with E-state index in [4.69, 9.17) is 5.53 Å².